The van der Waals surface area contributed by atoms with Gasteiger partial charge in [0.1, 0.15) is 5.82 Å². The summed E-state index contributed by atoms with van der Waals surface area (Å²) in [5.74, 6) is 0.123. The van der Waals surface area contributed by atoms with Crippen molar-refractivity contribution in [3.63, 3.8) is 0 Å². The van der Waals surface area contributed by atoms with Gasteiger partial charge >= 0.3 is 0 Å². The van der Waals surface area contributed by atoms with Gasteiger partial charge in [-0.25, -0.2) is 4.39 Å². The van der Waals surface area contributed by atoms with Crippen molar-refractivity contribution in [2.24, 2.45) is 5.92 Å². The Hall–Kier alpha value is -0.450. The van der Waals surface area contributed by atoms with Crippen LogP contribution in [-0.4, -0.2) is 24.4 Å². The highest BCUT2D eigenvalue weighted by Crippen LogP contribution is 2.31. The lowest BCUT2D eigenvalue weighted by Crippen LogP contribution is -2.37. The van der Waals surface area contributed by atoms with Crippen molar-refractivity contribution < 1.29 is 14.2 Å². The van der Waals surface area contributed by atoms with E-state index in [1.54, 1.807) is 13.2 Å². The van der Waals surface area contributed by atoms with Crippen molar-refractivity contribution in [1.82, 2.24) is 0 Å². The summed E-state index contributed by atoms with van der Waals surface area (Å²) in [6.07, 6.45) is 5.57. The molecule has 1 N–H and O–H groups in total. The number of methoxy groups -OCH3 is 1. The summed E-state index contributed by atoms with van der Waals surface area (Å²) < 4.78 is 19.5. The number of rotatable bonds is 5. The Labute approximate surface area is 128 Å². The van der Waals surface area contributed by atoms with E-state index in [9.17, 15) is 9.50 Å². The molecule has 4 heteroatoms. The normalized spacial score (nSPS) is 19.8. The first-order chi connectivity index (χ1) is 9.63. The first-order valence-corrected chi connectivity index (χ1v) is 8.06. The molecule has 0 radical (unpaired) electrons. The SMILES string of the molecule is COC(C(O)Cc1cccc(F)c1Br)C1CCCCC1. The van der Waals surface area contributed by atoms with Crippen molar-refractivity contribution in [2.75, 3.05) is 7.11 Å². The van der Waals surface area contributed by atoms with Crippen LogP contribution in [0.2, 0.25) is 0 Å². The molecule has 1 aliphatic carbocycles. The highest BCUT2D eigenvalue weighted by atomic mass is 79.9. The molecule has 2 rings (SSSR count). The summed E-state index contributed by atoms with van der Waals surface area (Å²) in [7, 11) is 1.66. The molecule has 2 nitrogen and oxygen atoms in total. The van der Waals surface area contributed by atoms with Gasteiger partial charge in [-0.15, -0.1) is 0 Å². The quantitative estimate of drug-likeness (QED) is 0.871. The molecular weight excluding hydrogens is 323 g/mol. The second kappa shape index (κ2) is 7.53. The molecule has 0 amide bonds. The number of aliphatic hydroxyl groups is 1. The second-order valence-corrected chi connectivity index (χ2v) is 6.38. The third-order valence-electron chi connectivity index (χ3n) is 4.23. The van der Waals surface area contributed by atoms with E-state index in [0.717, 1.165) is 18.4 Å². The molecule has 20 heavy (non-hydrogen) atoms. The lowest BCUT2D eigenvalue weighted by atomic mass is 9.82. The average molecular weight is 345 g/mol. The predicted octanol–water partition coefficient (Wildman–Crippen LogP) is 4.09. The number of ether oxygens (including phenoxy) is 1. The fourth-order valence-electron chi connectivity index (χ4n) is 3.17. The molecular formula is C16H22BrFO2. The summed E-state index contributed by atoms with van der Waals surface area (Å²) in [6, 6.07) is 4.92. The minimum atomic E-state index is -0.596. The minimum Gasteiger partial charge on any atom is -0.390 e. The van der Waals surface area contributed by atoms with E-state index in [1.165, 1.54) is 25.3 Å². The van der Waals surface area contributed by atoms with Gasteiger partial charge in [0.05, 0.1) is 16.7 Å². The Morgan fingerprint density at radius 1 is 1.35 bits per heavy atom. The fourth-order valence-corrected chi connectivity index (χ4v) is 3.60. The van der Waals surface area contributed by atoms with Crippen molar-refractivity contribution in [3.05, 3.63) is 34.1 Å². The molecule has 1 aliphatic rings. The topological polar surface area (TPSA) is 29.5 Å². The molecule has 1 saturated carbocycles. The Kier molecular flexibility index (Phi) is 6.00. The van der Waals surface area contributed by atoms with Crippen LogP contribution in [0.1, 0.15) is 37.7 Å². The lowest BCUT2D eigenvalue weighted by molar-refractivity contribution is -0.0536. The third kappa shape index (κ3) is 3.80. The highest BCUT2D eigenvalue weighted by molar-refractivity contribution is 9.10. The zero-order chi connectivity index (χ0) is 14.5. The maximum atomic E-state index is 13.5. The maximum Gasteiger partial charge on any atom is 0.137 e. The van der Waals surface area contributed by atoms with E-state index in [-0.39, 0.29) is 11.9 Å². The van der Waals surface area contributed by atoms with Crippen LogP contribution in [0.25, 0.3) is 0 Å². The average Bonchev–Trinajstić information content (AvgIpc) is 2.46. The standard InChI is InChI=1S/C16H22BrFO2/c1-20-16(11-6-3-2-4-7-11)14(19)10-12-8-5-9-13(18)15(12)17/h5,8-9,11,14,16,19H,2-4,6-7,10H2,1H3. The molecule has 1 aromatic rings. The molecule has 0 spiro atoms. The number of hydrogen-bond donors (Lipinski definition) is 1. The van der Waals surface area contributed by atoms with Crippen LogP contribution < -0.4 is 0 Å². The zero-order valence-electron chi connectivity index (χ0n) is 11.8. The largest absolute Gasteiger partial charge is 0.390 e. The minimum absolute atomic E-state index is 0.162. The molecule has 1 fully saturated rings. The van der Waals surface area contributed by atoms with Crippen LogP contribution in [-0.2, 0) is 11.2 Å². The van der Waals surface area contributed by atoms with E-state index in [1.807, 2.05) is 6.07 Å². The molecule has 0 heterocycles. The van der Waals surface area contributed by atoms with E-state index < -0.39 is 6.10 Å². The molecule has 0 aromatic heterocycles. The van der Waals surface area contributed by atoms with Crippen molar-refractivity contribution in [3.8, 4) is 0 Å². The van der Waals surface area contributed by atoms with E-state index in [0.29, 0.717) is 16.8 Å². The smallest absolute Gasteiger partial charge is 0.137 e. The van der Waals surface area contributed by atoms with Crippen molar-refractivity contribution >= 4 is 15.9 Å². The lowest BCUT2D eigenvalue weighted by Gasteiger charge is -2.32. The van der Waals surface area contributed by atoms with Gasteiger partial charge in [-0.2, -0.15) is 0 Å². The maximum absolute atomic E-state index is 13.5. The summed E-state index contributed by atoms with van der Waals surface area (Å²) in [5.41, 5.74) is 0.787. The van der Waals surface area contributed by atoms with Gasteiger partial charge in [0.15, 0.2) is 0 Å². The summed E-state index contributed by atoms with van der Waals surface area (Å²) >= 11 is 3.25. The molecule has 1 aromatic carbocycles. The number of aliphatic hydroxyl groups excluding tert-OH is 1. The van der Waals surface area contributed by atoms with E-state index in [2.05, 4.69) is 15.9 Å². The Morgan fingerprint density at radius 3 is 2.70 bits per heavy atom. The van der Waals surface area contributed by atoms with Gasteiger partial charge in [0.2, 0.25) is 0 Å². The first-order valence-electron chi connectivity index (χ1n) is 7.27. The Morgan fingerprint density at radius 2 is 2.05 bits per heavy atom. The van der Waals surface area contributed by atoms with Crippen LogP contribution in [0.5, 0.6) is 0 Å². The van der Waals surface area contributed by atoms with E-state index >= 15 is 0 Å². The fraction of sp³-hybridized carbons (Fsp3) is 0.625. The highest BCUT2D eigenvalue weighted by Gasteiger charge is 2.30. The molecule has 0 bridgehead atoms. The summed E-state index contributed by atoms with van der Waals surface area (Å²) in [4.78, 5) is 0. The third-order valence-corrected chi connectivity index (χ3v) is 5.11. The monoisotopic (exact) mass is 344 g/mol. The Bertz CT molecular complexity index is 432. The molecule has 112 valence electrons. The number of hydrogen-bond acceptors (Lipinski definition) is 2. The molecule has 2 atom stereocenters. The summed E-state index contributed by atoms with van der Waals surface area (Å²) in [5, 5.41) is 10.5. The van der Waals surface area contributed by atoms with Gasteiger partial charge in [-0.1, -0.05) is 31.4 Å². The Balaban J connectivity index is 2.04. The number of halogens is 2. The molecule has 0 saturated heterocycles. The predicted molar refractivity (Wildman–Crippen MR) is 81.2 cm³/mol. The van der Waals surface area contributed by atoms with Crippen molar-refractivity contribution in [2.45, 2.75) is 50.7 Å². The van der Waals surface area contributed by atoms with E-state index in [4.69, 9.17) is 4.74 Å². The van der Waals surface area contributed by atoms with Gasteiger partial charge in [-0.05, 0) is 46.3 Å². The van der Waals surface area contributed by atoms with Crippen LogP contribution >= 0.6 is 15.9 Å². The second-order valence-electron chi connectivity index (χ2n) is 5.58. The first kappa shape index (κ1) is 15.9. The molecule has 0 aliphatic heterocycles. The van der Waals surface area contributed by atoms with Crippen LogP contribution in [0.3, 0.4) is 0 Å². The van der Waals surface area contributed by atoms with Gasteiger partial charge in [-0.3, -0.25) is 0 Å². The van der Waals surface area contributed by atoms with Crippen LogP contribution in [0.4, 0.5) is 4.39 Å². The van der Waals surface area contributed by atoms with Gasteiger partial charge < -0.3 is 9.84 Å². The molecule has 2 unspecified atom stereocenters. The summed E-state index contributed by atoms with van der Waals surface area (Å²) in [6.45, 7) is 0. The van der Waals surface area contributed by atoms with Gasteiger partial charge in [0.25, 0.3) is 0 Å². The number of benzene rings is 1. The zero-order valence-corrected chi connectivity index (χ0v) is 13.4. The van der Waals surface area contributed by atoms with Crippen molar-refractivity contribution in [1.29, 1.82) is 0 Å². The van der Waals surface area contributed by atoms with Gasteiger partial charge in [0, 0.05) is 13.5 Å². The van der Waals surface area contributed by atoms with Crippen LogP contribution in [0, 0.1) is 11.7 Å². The van der Waals surface area contributed by atoms with Crippen LogP contribution in [0.15, 0.2) is 22.7 Å².